The van der Waals surface area contributed by atoms with Crippen molar-refractivity contribution in [3.63, 3.8) is 0 Å². The van der Waals surface area contributed by atoms with Crippen molar-refractivity contribution in [3.8, 4) is 5.75 Å². The van der Waals surface area contributed by atoms with Crippen LogP contribution < -0.4 is 16.8 Å². The van der Waals surface area contributed by atoms with Crippen LogP contribution in [-0.4, -0.2) is 81.0 Å². The van der Waals surface area contributed by atoms with Gasteiger partial charge < -0.3 is 42.1 Å². The molecule has 186 valence electrons. The lowest BCUT2D eigenvalue weighted by molar-refractivity contribution is -0.149. The maximum atomic E-state index is 13.5. The number of anilines is 1. The van der Waals surface area contributed by atoms with Gasteiger partial charge in [0.25, 0.3) is 5.91 Å². The van der Waals surface area contributed by atoms with Gasteiger partial charge in [0.1, 0.15) is 22.8 Å². The summed E-state index contributed by atoms with van der Waals surface area (Å²) in [6, 6.07) is 1.19. The van der Waals surface area contributed by atoms with E-state index in [1.54, 1.807) is 19.0 Å². The fourth-order valence-electron chi connectivity index (χ4n) is 5.31. The molecule has 0 spiro atoms. The number of nitrogens with two attached hydrogens (primary N) is 2. The normalized spacial score (nSPS) is 28.0. The highest BCUT2D eigenvalue weighted by Gasteiger charge is 2.63. The van der Waals surface area contributed by atoms with Gasteiger partial charge >= 0.3 is 0 Å². The van der Waals surface area contributed by atoms with Gasteiger partial charge in [0.15, 0.2) is 11.4 Å². The Hall–Kier alpha value is -3.74. The molecule has 0 saturated heterocycles. The van der Waals surface area contributed by atoms with Gasteiger partial charge in [-0.1, -0.05) is 0 Å². The van der Waals surface area contributed by atoms with E-state index in [9.17, 15) is 39.6 Å². The van der Waals surface area contributed by atoms with Crippen molar-refractivity contribution < 1.29 is 39.6 Å². The van der Waals surface area contributed by atoms with E-state index in [2.05, 4.69) is 5.32 Å². The van der Waals surface area contributed by atoms with Crippen molar-refractivity contribution in [2.45, 2.75) is 24.5 Å². The van der Waals surface area contributed by atoms with E-state index in [0.29, 0.717) is 11.3 Å². The number of likely N-dealkylation sites (N-methyl/N-ethyl adjacent to an activating group) is 1. The van der Waals surface area contributed by atoms with E-state index in [0.717, 1.165) is 0 Å². The first-order valence-corrected chi connectivity index (χ1v) is 10.8. The predicted octanol–water partition coefficient (Wildman–Crippen LogP) is -1.14. The number of benzene rings is 1. The Bertz CT molecular complexity index is 1250. The van der Waals surface area contributed by atoms with Crippen LogP contribution in [0.5, 0.6) is 5.75 Å². The molecule has 9 N–H and O–H groups in total. The van der Waals surface area contributed by atoms with E-state index >= 15 is 0 Å². The monoisotopic (exact) mass is 486 g/mol. The molecular weight excluding hydrogens is 460 g/mol. The highest BCUT2D eigenvalue weighted by molar-refractivity contribution is 6.24. The summed E-state index contributed by atoms with van der Waals surface area (Å²) in [6.45, 7) is 0.0739. The van der Waals surface area contributed by atoms with Crippen LogP contribution in [0.2, 0.25) is 0 Å². The molecule has 12 nitrogen and oxygen atoms in total. The van der Waals surface area contributed by atoms with Gasteiger partial charge in [-0.3, -0.25) is 19.2 Å². The minimum Gasteiger partial charge on any atom is -0.508 e. The van der Waals surface area contributed by atoms with Gasteiger partial charge in [-0.25, -0.2) is 0 Å². The molecule has 2 unspecified atom stereocenters. The molecule has 1 aromatic carbocycles. The van der Waals surface area contributed by atoms with Crippen LogP contribution in [-0.2, 0) is 25.6 Å². The number of amides is 2. The Kier molecular flexibility index (Phi) is 5.70. The summed E-state index contributed by atoms with van der Waals surface area (Å²) < 4.78 is 0. The van der Waals surface area contributed by atoms with E-state index in [1.807, 2.05) is 0 Å². The van der Waals surface area contributed by atoms with Gasteiger partial charge in [-0.2, -0.15) is 0 Å². The van der Waals surface area contributed by atoms with Crippen molar-refractivity contribution >= 4 is 34.8 Å². The van der Waals surface area contributed by atoms with Gasteiger partial charge in [-0.05, 0) is 50.6 Å². The second-order valence-corrected chi connectivity index (χ2v) is 9.35. The van der Waals surface area contributed by atoms with E-state index < -0.39 is 58.0 Å². The van der Waals surface area contributed by atoms with Crippen LogP contribution in [0.25, 0.3) is 5.76 Å². The lowest BCUT2D eigenvalue weighted by Gasteiger charge is -2.48. The van der Waals surface area contributed by atoms with Crippen LogP contribution in [0.4, 0.5) is 5.69 Å². The van der Waals surface area contributed by atoms with Crippen LogP contribution in [0.15, 0.2) is 29.0 Å². The molecule has 35 heavy (non-hydrogen) atoms. The second kappa shape index (κ2) is 8.18. The zero-order valence-corrected chi connectivity index (χ0v) is 19.0. The number of ketones is 2. The standard InChI is InChI=1S/C23H26N4O8/c1-27(2)7-13(29)26-11-3-4-12(28)15-9(11)5-8-6-10-17(24)19(31)16(22(25)34)21(33)23(10,35)20(32)14(8)18(15)30/h3-4,8,10,17,28,30,33,35H,5-7,24H2,1-2H3,(H2,25,34)(H,26,29)/t8?,10?,17-,23-/m0/s1. The Labute approximate surface area is 199 Å². The largest absolute Gasteiger partial charge is 0.508 e. The van der Waals surface area contributed by atoms with Crippen molar-refractivity contribution in [2.75, 3.05) is 26.0 Å². The lowest BCUT2D eigenvalue weighted by Crippen LogP contribution is -2.65. The van der Waals surface area contributed by atoms with Crippen molar-refractivity contribution in [1.29, 1.82) is 0 Å². The molecule has 4 atom stereocenters. The van der Waals surface area contributed by atoms with Gasteiger partial charge in [0.05, 0.1) is 18.2 Å². The van der Waals surface area contributed by atoms with Crippen LogP contribution in [0, 0.1) is 11.8 Å². The van der Waals surface area contributed by atoms with E-state index in [-0.39, 0.29) is 42.2 Å². The summed E-state index contributed by atoms with van der Waals surface area (Å²) in [4.78, 5) is 51.9. The molecule has 0 heterocycles. The Morgan fingerprint density at radius 3 is 2.46 bits per heavy atom. The van der Waals surface area contributed by atoms with Crippen molar-refractivity contribution in [2.24, 2.45) is 23.3 Å². The number of hydrogen-bond donors (Lipinski definition) is 7. The molecule has 0 aromatic heterocycles. The van der Waals surface area contributed by atoms with Crippen LogP contribution in [0.3, 0.4) is 0 Å². The summed E-state index contributed by atoms with van der Waals surface area (Å²) in [5, 5.41) is 46.2. The third-order valence-corrected chi connectivity index (χ3v) is 6.87. The van der Waals surface area contributed by atoms with E-state index in [4.69, 9.17) is 11.5 Å². The van der Waals surface area contributed by atoms with Crippen molar-refractivity contribution in [3.05, 3.63) is 40.2 Å². The number of hydrogen-bond acceptors (Lipinski definition) is 10. The quantitative estimate of drug-likeness (QED) is 0.200. The van der Waals surface area contributed by atoms with Gasteiger partial charge in [-0.15, -0.1) is 0 Å². The molecule has 0 aliphatic heterocycles. The number of carbonyl (C=O) groups is 4. The number of carbonyl (C=O) groups excluding carboxylic acids is 4. The molecule has 12 heteroatoms. The number of nitrogens with one attached hydrogen (secondary N) is 1. The summed E-state index contributed by atoms with van der Waals surface area (Å²) in [5.74, 6) is -8.15. The highest BCUT2D eigenvalue weighted by Crippen LogP contribution is 2.52. The molecule has 0 bridgehead atoms. The summed E-state index contributed by atoms with van der Waals surface area (Å²) >= 11 is 0. The molecule has 0 radical (unpaired) electrons. The zero-order valence-electron chi connectivity index (χ0n) is 19.0. The third kappa shape index (κ3) is 3.49. The maximum Gasteiger partial charge on any atom is 0.255 e. The first-order chi connectivity index (χ1) is 16.3. The van der Waals surface area contributed by atoms with Crippen molar-refractivity contribution in [1.82, 2.24) is 4.90 Å². The molecule has 3 aliphatic carbocycles. The number of phenolic OH excluding ortho intramolecular Hbond substituents is 1. The Morgan fingerprint density at radius 2 is 1.86 bits per heavy atom. The Balaban J connectivity index is 1.87. The average Bonchev–Trinajstić information content (AvgIpc) is 2.75. The number of primary amides is 1. The Morgan fingerprint density at radius 1 is 1.20 bits per heavy atom. The second-order valence-electron chi connectivity index (χ2n) is 9.35. The minimum atomic E-state index is -2.76. The number of aliphatic hydroxyl groups excluding tert-OH is 2. The number of aliphatic hydroxyl groups is 3. The van der Waals surface area contributed by atoms with Gasteiger partial charge in [0, 0.05) is 17.2 Å². The first kappa shape index (κ1) is 24.4. The maximum absolute atomic E-state index is 13.5. The number of nitrogens with zero attached hydrogens (tertiary/aromatic N) is 1. The smallest absolute Gasteiger partial charge is 0.255 e. The van der Waals surface area contributed by atoms with E-state index in [1.165, 1.54) is 12.1 Å². The molecule has 1 saturated carbocycles. The number of fused-ring (bicyclic) bond motifs is 3. The van der Waals surface area contributed by atoms with Gasteiger partial charge in [0.2, 0.25) is 11.7 Å². The summed E-state index contributed by atoms with van der Waals surface area (Å²) in [7, 11) is 3.42. The molecule has 1 fully saturated rings. The molecule has 2 amide bonds. The molecule has 1 aromatic rings. The summed E-state index contributed by atoms with van der Waals surface area (Å²) in [5.41, 5.74) is 7.71. The summed E-state index contributed by atoms with van der Waals surface area (Å²) in [6.07, 6.45) is -0.0715. The number of Topliss-reactive ketones (excluding diaryl/α,β-unsaturated/α-hetero) is 2. The topological polar surface area (TPSA) is 217 Å². The zero-order chi connectivity index (χ0) is 26.0. The first-order valence-electron chi connectivity index (χ1n) is 10.8. The molecular formula is C23H26N4O8. The number of rotatable bonds is 4. The fourth-order valence-corrected chi connectivity index (χ4v) is 5.31. The average molecular weight is 486 g/mol. The lowest BCUT2D eigenvalue weighted by atomic mass is 9.58. The fraction of sp³-hybridized carbons (Fsp3) is 0.391. The number of phenols is 1. The third-order valence-electron chi connectivity index (χ3n) is 6.87. The highest BCUT2D eigenvalue weighted by atomic mass is 16.3. The number of aromatic hydroxyl groups is 1. The minimum absolute atomic E-state index is 0.0487. The molecule has 4 rings (SSSR count). The van der Waals surface area contributed by atoms with Crippen LogP contribution >= 0.6 is 0 Å². The SMILES string of the molecule is CN(C)CC(=O)Nc1ccc(O)c2c1CC1CC3[C@H](N)C(=O)C(C(N)=O)=C(O)[C@@]3(O)C(=O)C1=C2O. The molecule has 3 aliphatic rings. The van der Waals surface area contributed by atoms with Crippen LogP contribution in [0.1, 0.15) is 17.5 Å². The predicted molar refractivity (Wildman–Crippen MR) is 122 cm³/mol.